The van der Waals surface area contributed by atoms with Gasteiger partial charge in [-0.1, -0.05) is 20.8 Å². The van der Waals surface area contributed by atoms with Gasteiger partial charge in [0.05, 0.1) is 11.5 Å². The van der Waals surface area contributed by atoms with Crippen LogP contribution in [-0.2, 0) is 19.0 Å². The minimum Gasteiger partial charge on any atom is -0.458 e. The zero-order valence-corrected chi connectivity index (χ0v) is 16.5. The minimum absolute atomic E-state index is 0.111. The fraction of sp³-hybridized carbons (Fsp3) is 0.850. The Morgan fingerprint density at radius 3 is 2.74 bits per heavy atom. The summed E-state index contributed by atoms with van der Waals surface area (Å²) in [6.07, 6.45) is 0.446. The third kappa shape index (κ3) is 1.49. The number of esters is 1. The van der Waals surface area contributed by atoms with Crippen LogP contribution in [0.15, 0.2) is 11.1 Å². The fourth-order valence-corrected chi connectivity index (χ4v) is 7.85. The summed E-state index contributed by atoms with van der Waals surface area (Å²) < 4.78 is 17.9. The Kier molecular flexibility index (Phi) is 2.91. The Bertz CT molecular complexity index is 810. The van der Waals surface area contributed by atoms with Crippen molar-refractivity contribution in [2.45, 2.75) is 80.5 Å². The van der Waals surface area contributed by atoms with Crippen LogP contribution in [0.3, 0.4) is 0 Å². The van der Waals surface area contributed by atoms with E-state index in [1.807, 2.05) is 13.8 Å². The van der Waals surface area contributed by atoms with Gasteiger partial charge >= 0.3 is 5.97 Å². The molecule has 0 bridgehead atoms. The van der Waals surface area contributed by atoms with Crippen molar-refractivity contribution < 1.29 is 29.2 Å². The summed E-state index contributed by atoms with van der Waals surface area (Å²) >= 11 is 6.75. The maximum Gasteiger partial charge on any atom is 0.334 e. The molecule has 0 radical (unpaired) electrons. The van der Waals surface area contributed by atoms with Gasteiger partial charge in [0.25, 0.3) is 0 Å². The van der Waals surface area contributed by atoms with Crippen LogP contribution < -0.4 is 0 Å². The van der Waals surface area contributed by atoms with Crippen molar-refractivity contribution in [2.75, 3.05) is 6.61 Å². The van der Waals surface area contributed by atoms with E-state index in [4.69, 9.17) is 25.8 Å². The highest BCUT2D eigenvalue weighted by molar-refractivity contribution is 6.22. The first-order chi connectivity index (χ1) is 12.7. The van der Waals surface area contributed by atoms with Gasteiger partial charge in [-0.2, -0.15) is 0 Å². The molecule has 148 valence electrons. The smallest absolute Gasteiger partial charge is 0.334 e. The third-order valence-electron chi connectivity index (χ3n) is 8.85. The van der Waals surface area contributed by atoms with Crippen LogP contribution in [-0.4, -0.2) is 63.3 Å². The molecule has 2 spiro atoms. The maximum atomic E-state index is 12.1. The second-order valence-corrected chi connectivity index (χ2v) is 10.3. The topological polar surface area (TPSA) is 91.8 Å². The molecule has 0 aromatic carbocycles. The number of aliphatic hydroxyl groups is 2. The number of halogens is 1. The largest absolute Gasteiger partial charge is 0.458 e. The lowest BCUT2D eigenvalue weighted by atomic mass is 9.46. The molecule has 3 heterocycles. The van der Waals surface area contributed by atoms with E-state index in [-0.39, 0.29) is 35.4 Å². The van der Waals surface area contributed by atoms with Crippen LogP contribution >= 0.6 is 11.6 Å². The molecule has 0 aromatic rings. The third-order valence-corrected chi connectivity index (χ3v) is 9.43. The molecule has 3 aliphatic heterocycles. The molecular weight excluding hydrogens is 372 g/mol. The van der Waals surface area contributed by atoms with Crippen LogP contribution in [0.5, 0.6) is 0 Å². The molecule has 4 fully saturated rings. The SMILES string of the molecule is CC(C)[C@]1(O)[C@H](Cl)[C@@H]2O[C@]23[C@]2(O[C@H]2C[C@H]2C4=C(CC[C@@]23C)C(=O)OC4)[C@H]1O. The summed E-state index contributed by atoms with van der Waals surface area (Å²) in [5, 5.41) is 22.0. The Morgan fingerprint density at radius 2 is 2.04 bits per heavy atom. The molecule has 27 heavy (non-hydrogen) atoms. The van der Waals surface area contributed by atoms with E-state index in [0.717, 1.165) is 17.6 Å². The number of alkyl halides is 1. The highest BCUT2D eigenvalue weighted by Crippen LogP contribution is 2.80. The molecule has 3 aliphatic carbocycles. The number of hydrogen-bond donors (Lipinski definition) is 2. The Hall–Kier alpha value is -0.660. The number of hydrogen-bond acceptors (Lipinski definition) is 6. The molecule has 6 aliphatic rings. The van der Waals surface area contributed by atoms with Crippen molar-refractivity contribution in [1.29, 1.82) is 0 Å². The van der Waals surface area contributed by atoms with Gasteiger partial charge < -0.3 is 24.4 Å². The molecule has 0 aromatic heterocycles. The summed E-state index contributed by atoms with van der Waals surface area (Å²) in [5.74, 6) is -0.317. The van der Waals surface area contributed by atoms with Crippen LogP contribution in [0.1, 0.15) is 40.0 Å². The van der Waals surface area contributed by atoms with Gasteiger partial charge in [-0.25, -0.2) is 4.79 Å². The highest BCUT2D eigenvalue weighted by Gasteiger charge is 2.96. The van der Waals surface area contributed by atoms with Crippen molar-refractivity contribution in [1.82, 2.24) is 0 Å². The zero-order chi connectivity index (χ0) is 19.1. The van der Waals surface area contributed by atoms with Crippen LogP contribution in [0.4, 0.5) is 0 Å². The van der Waals surface area contributed by atoms with Crippen molar-refractivity contribution >= 4 is 17.6 Å². The second kappa shape index (κ2) is 4.57. The summed E-state index contributed by atoms with van der Waals surface area (Å²) in [6.45, 7) is 6.26. The van der Waals surface area contributed by atoms with Gasteiger partial charge in [0.15, 0.2) is 5.60 Å². The lowest BCUT2D eigenvalue weighted by molar-refractivity contribution is -0.177. The number of cyclic esters (lactones) is 1. The van der Waals surface area contributed by atoms with Gasteiger partial charge in [0.2, 0.25) is 0 Å². The minimum atomic E-state index is -1.46. The molecular formula is C20H25ClO6. The average molecular weight is 397 g/mol. The molecule has 6 rings (SSSR count). The fourth-order valence-electron chi connectivity index (χ4n) is 7.24. The first-order valence-electron chi connectivity index (χ1n) is 9.95. The Balaban J connectivity index is 1.50. The van der Waals surface area contributed by atoms with Crippen molar-refractivity contribution in [3.05, 3.63) is 11.1 Å². The summed E-state index contributed by atoms with van der Waals surface area (Å²) in [5.41, 5.74) is -1.51. The number of carbonyl (C=O) groups excluding carboxylic acids is 1. The van der Waals surface area contributed by atoms with Crippen molar-refractivity contribution in [3.8, 4) is 0 Å². The normalized spacial score (nSPS) is 60.1. The number of rotatable bonds is 1. The van der Waals surface area contributed by atoms with E-state index in [1.54, 1.807) is 0 Å². The van der Waals surface area contributed by atoms with Crippen LogP contribution in [0.2, 0.25) is 0 Å². The second-order valence-electron chi connectivity index (χ2n) is 9.81. The van der Waals surface area contributed by atoms with E-state index >= 15 is 0 Å². The zero-order valence-electron chi connectivity index (χ0n) is 15.7. The predicted molar refractivity (Wildman–Crippen MR) is 94.1 cm³/mol. The van der Waals surface area contributed by atoms with E-state index in [1.165, 1.54) is 0 Å². The quantitative estimate of drug-likeness (QED) is 0.394. The number of ether oxygens (including phenoxy) is 3. The molecule has 7 heteroatoms. The van der Waals surface area contributed by atoms with Crippen LogP contribution in [0, 0.1) is 17.3 Å². The average Bonchev–Trinajstić information content (AvgIpc) is 3.50. The molecule has 2 N–H and O–H groups in total. The van der Waals surface area contributed by atoms with Crippen LogP contribution in [0.25, 0.3) is 0 Å². The van der Waals surface area contributed by atoms with E-state index in [2.05, 4.69) is 6.92 Å². The molecule has 0 amide bonds. The van der Waals surface area contributed by atoms with Gasteiger partial charge in [0.1, 0.15) is 30.0 Å². The molecule has 6 nitrogen and oxygen atoms in total. The van der Waals surface area contributed by atoms with Gasteiger partial charge in [-0.15, -0.1) is 11.6 Å². The van der Waals surface area contributed by atoms with Gasteiger partial charge in [-0.05, 0) is 36.7 Å². The summed E-state index contributed by atoms with van der Waals surface area (Å²) in [7, 11) is 0. The molecule has 9 atom stereocenters. The highest BCUT2D eigenvalue weighted by atomic mass is 35.5. The molecule has 2 saturated carbocycles. The van der Waals surface area contributed by atoms with E-state index in [0.29, 0.717) is 19.4 Å². The first-order valence-corrected chi connectivity index (χ1v) is 10.4. The summed E-state index contributed by atoms with van der Waals surface area (Å²) in [6, 6.07) is 0. The maximum absolute atomic E-state index is 12.1. The number of fused-ring (bicyclic) bond motifs is 2. The number of aliphatic hydroxyl groups excluding tert-OH is 1. The Morgan fingerprint density at radius 1 is 1.30 bits per heavy atom. The van der Waals surface area contributed by atoms with E-state index < -0.39 is 28.3 Å². The van der Waals surface area contributed by atoms with Crippen molar-refractivity contribution in [2.24, 2.45) is 17.3 Å². The first kappa shape index (κ1) is 17.2. The molecule has 2 saturated heterocycles. The molecule has 0 unspecified atom stereocenters. The van der Waals surface area contributed by atoms with E-state index in [9.17, 15) is 15.0 Å². The van der Waals surface area contributed by atoms with Crippen molar-refractivity contribution in [3.63, 3.8) is 0 Å². The standard InChI is InChI=1S/C20H25ClO6/c1-8(2)18(24)13(21)14-20(27-14)17(3)5-4-9-10(7-25-15(9)22)11(17)6-12-19(20,26-12)16(18)23/h8,11-14,16,23-24H,4-7H2,1-3H3/t11-,12-,13+,14-,16-,17-,18-,19+,20+/m0/s1. The Labute approximate surface area is 162 Å². The lowest BCUT2D eigenvalue weighted by Crippen LogP contribution is -2.75. The summed E-state index contributed by atoms with van der Waals surface area (Å²) in [4.78, 5) is 12.1. The lowest BCUT2D eigenvalue weighted by Gasteiger charge is -2.56. The number of epoxide rings is 2. The monoisotopic (exact) mass is 396 g/mol. The van der Waals surface area contributed by atoms with Gasteiger partial charge in [-0.3, -0.25) is 0 Å². The number of carbonyl (C=O) groups is 1. The predicted octanol–water partition coefficient (Wildman–Crippen LogP) is 1.30. The van der Waals surface area contributed by atoms with Gasteiger partial charge in [0, 0.05) is 11.0 Å².